The summed E-state index contributed by atoms with van der Waals surface area (Å²) in [7, 11) is 2.02. The molecule has 0 amide bonds. The number of hydrogen-bond donors (Lipinski definition) is 2. The highest BCUT2D eigenvalue weighted by atomic mass is 16.6. The van der Waals surface area contributed by atoms with Crippen molar-refractivity contribution in [1.29, 1.82) is 0 Å². The van der Waals surface area contributed by atoms with Gasteiger partial charge in [0.15, 0.2) is 0 Å². The molecule has 1 aliphatic heterocycles. The largest absolute Gasteiger partial charge is 0.304 e. The Bertz CT molecular complexity index is 147. The molecular weight excluding hydrogens is 162 g/mol. The molecule has 70 valence electrons. The van der Waals surface area contributed by atoms with E-state index in [0.717, 1.165) is 26.2 Å². The number of hydrogen-bond acceptors (Lipinski definition) is 6. The zero-order valence-corrected chi connectivity index (χ0v) is 6.97. The van der Waals surface area contributed by atoms with Crippen molar-refractivity contribution in [3.8, 4) is 0 Å². The molecule has 0 spiro atoms. The number of nitrogens with one attached hydrogen (secondary N) is 1. The second-order valence-electron chi connectivity index (χ2n) is 2.76. The van der Waals surface area contributed by atoms with E-state index in [2.05, 4.69) is 15.7 Å². The number of rotatable bonds is 3. The third-order valence-electron chi connectivity index (χ3n) is 1.81. The Balaban J connectivity index is 2.21. The van der Waals surface area contributed by atoms with Gasteiger partial charge in [-0.2, -0.15) is 0 Å². The summed E-state index contributed by atoms with van der Waals surface area (Å²) in [5.41, 5.74) is 2.41. The molecule has 12 heavy (non-hydrogen) atoms. The molecule has 0 radical (unpaired) electrons. The van der Waals surface area contributed by atoms with Crippen molar-refractivity contribution in [2.24, 2.45) is 5.29 Å². The Hall–Kier alpha value is -0.760. The van der Waals surface area contributed by atoms with E-state index >= 15 is 0 Å². The zero-order chi connectivity index (χ0) is 8.97. The van der Waals surface area contributed by atoms with Crippen LogP contribution in [0.15, 0.2) is 5.29 Å². The van der Waals surface area contributed by atoms with Gasteiger partial charge in [0.2, 0.25) is 0 Å². The van der Waals surface area contributed by atoms with Crippen LogP contribution in [0.5, 0.6) is 0 Å². The smallest absolute Gasteiger partial charge is 0.0972 e. The monoisotopic (exact) mass is 175 g/mol. The van der Waals surface area contributed by atoms with Crippen molar-refractivity contribution in [3.05, 3.63) is 4.91 Å². The van der Waals surface area contributed by atoms with Crippen molar-refractivity contribution in [1.82, 2.24) is 20.7 Å². The average Bonchev–Trinajstić information content (AvgIpc) is 2.09. The third kappa shape index (κ3) is 2.70. The molecule has 0 saturated carbocycles. The Morgan fingerprint density at radius 1 is 1.42 bits per heavy atom. The zero-order valence-electron chi connectivity index (χ0n) is 6.97. The molecule has 2 N–H and O–H groups in total. The van der Waals surface area contributed by atoms with Gasteiger partial charge >= 0.3 is 0 Å². The minimum absolute atomic E-state index is 0.172. The first-order chi connectivity index (χ1) is 5.72. The lowest BCUT2D eigenvalue weighted by atomic mass is 10.4. The molecule has 0 bridgehead atoms. The highest BCUT2D eigenvalue weighted by molar-refractivity contribution is 4.64. The number of hydrazine groups is 2. The van der Waals surface area contributed by atoms with Crippen LogP contribution in [0.25, 0.3) is 0 Å². The highest BCUT2D eigenvalue weighted by Gasteiger charge is 2.14. The summed E-state index contributed by atoms with van der Waals surface area (Å²) < 4.78 is 0. The van der Waals surface area contributed by atoms with E-state index in [0.29, 0.717) is 0 Å². The summed E-state index contributed by atoms with van der Waals surface area (Å²) in [6, 6.07) is 0. The highest BCUT2D eigenvalue weighted by Crippen LogP contribution is 1.95. The molecule has 0 aromatic heterocycles. The molecule has 0 aromatic carbocycles. The summed E-state index contributed by atoms with van der Waals surface area (Å²) in [5.74, 6) is 0. The first-order valence-corrected chi connectivity index (χ1v) is 3.74. The van der Waals surface area contributed by atoms with Gasteiger partial charge in [0, 0.05) is 26.2 Å². The van der Waals surface area contributed by atoms with E-state index in [1.165, 1.54) is 0 Å². The van der Waals surface area contributed by atoms with Crippen LogP contribution in [-0.2, 0) is 0 Å². The molecule has 7 heteroatoms. The second kappa shape index (κ2) is 4.31. The lowest BCUT2D eigenvalue weighted by Crippen LogP contribution is -2.54. The predicted molar refractivity (Wildman–Crippen MR) is 41.6 cm³/mol. The van der Waals surface area contributed by atoms with E-state index in [1.807, 2.05) is 7.05 Å². The molecule has 7 nitrogen and oxygen atoms in total. The van der Waals surface area contributed by atoms with Gasteiger partial charge in [0.05, 0.1) is 5.29 Å². The van der Waals surface area contributed by atoms with Crippen LogP contribution in [0.2, 0.25) is 0 Å². The van der Waals surface area contributed by atoms with Gasteiger partial charge < -0.3 is 4.90 Å². The maximum Gasteiger partial charge on any atom is 0.0972 e. The maximum absolute atomic E-state index is 9.77. The van der Waals surface area contributed by atoms with E-state index in [9.17, 15) is 4.91 Å². The Kier molecular flexibility index (Phi) is 3.35. The molecule has 1 saturated heterocycles. The lowest BCUT2D eigenvalue weighted by molar-refractivity contribution is -0.195. The molecule has 1 heterocycles. The van der Waals surface area contributed by atoms with Crippen molar-refractivity contribution < 1.29 is 5.21 Å². The van der Waals surface area contributed by atoms with Gasteiger partial charge in [-0.1, -0.05) is 0 Å². The molecular formula is C5H13N5O2. The molecule has 0 unspecified atom stereocenters. The molecule has 0 atom stereocenters. The van der Waals surface area contributed by atoms with E-state index in [1.54, 1.807) is 5.01 Å². The van der Waals surface area contributed by atoms with E-state index in [4.69, 9.17) is 5.21 Å². The minimum atomic E-state index is 0.172. The Labute approximate surface area is 70.4 Å². The molecule has 0 aliphatic carbocycles. The topological polar surface area (TPSA) is 71.4 Å². The lowest BCUT2D eigenvalue weighted by Gasteiger charge is -2.32. The third-order valence-corrected chi connectivity index (χ3v) is 1.81. The van der Waals surface area contributed by atoms with Crippen molar-refractivity contribution in [3.63, 3.8) is 0 Å². The molecule has 1 fully saturated rings. The quantitative estimate of drug-likeness (QED) is 0.424. The van der Waals surface area contributed by atoms with Gasteiger partial charge in [0.25, 0.3) is 0 Å². The van der Waals surface area contributed by atoms with Gasteiger partial charge in [-0.3, -0.25) is 5.21 Å². The molecule has 1 aliphatic rings. The predicted octanol–water partition coefficient (Wildman–Crippen LogP) is -0.974. The number of likely N-dealkylation sites (N-methyl/N-ethyl adjacent to an activating group) is 1. The van der Waals surface area contributed by atoms with Crippen molar-refractivity contribution in [2.75, 3.05) is 33.2 Å². The molecule has 1 rings (SSSR count). The summed E-state index contributed by atoms with van der Waals surface area (Å²) in [6.45, 7) is 3.31. The van der Waals surface area contributed by atoms with Crippen LogP contribution in [0.1, 0.15) is 0 Å². The summed E-state index contributed by atoms with van der Waals surface area (Å²) >= 11 is 0. The summed E-state index contributed by atoms with van der Waals surface area (Å²) in [5, 5.41) is 12.8. The molecule has 0 aromatic rings. The van der Waals surface area contributed by atoms with Crippen LogP contribution in [0.3, 0.4) is 0 Å². The van der Waals surface area contributed by atoms with Gasteiger partial charge in [0.1, 0.15) is 0 Å². The number of piperazine rings is 1. The fraction of sp³-hybridized carbons (Fsp3) is 1.00. The second-order valence-corrected chi connectivity index (χ2v) is 2.76. The summed E-state index contributed by atoms with van der Waals surface area (Å²) in [4.78, 5) is 11.9. The standard InChI is InChI=1S/C5H13N5O2/c1-8-2-4-9(5-3-8)6-10(12)7-11/h6,12H,2-5H2,1H3. The Morgan fingerprint density at radius 3 is 2.50 bits per heavy atom. The van der Waals surface area contributed by atoms with Crippen molar-refractivity contribution in [2.45, 2.75) is 0 Å². The van der Waals surface area contributed by atoms with Gasteiger partial charge in [-0.25, -0.2) is 5.01 Å². The first-order valence-electron chi connectivity index (χ1n) is 3.74. The minimum Gasteiger partial charge on any atom is -0.304 e. The van der Waals surface area contributed by atoms with E-state index < -0.39 is 0 Å². The number of nitrogens with zero attached hydrogens (tertiary/aromatic N) is 4. The Morgan fingerprint density at radius 2 is 2.00 bits per heavy atom. The van der Waals surface area contributed by atoms with Crippen LogP contribution >= 0.6 is 0 Å². The van der Waals surface area contributed by atoms with Gasteiger partial charge in [-0.15, -0.1) is 10.4 Å². The fourth-order valence-electron chi connectivity index (χ4n) is 1.05. The SMILES string of the molecule is CN1CCN(NN(O)N=O)CC1. The van der Waals surface area contributed by atoms with Crippen LogP contribution in [-0.4, -0.2) is 53.6 Å². The first kappa shape index (κ1) is 9.33. The van der Waals surface area contributed by atoms with Gasteiger partial charge in [-0.05, 0) is 12.3 Å². The summed E-state index contributed by atoms with van der Waals surface area (Å²) in [6.07, 6.45) is 0. The number of nitroso groups, excluding NO2 is 1. The normalized spacial score (nSPS) is 20.8. The fourth-order valence-corrected chi connectivity index (χ4v) is 1.05. The van der Waals surface area contributed by atoms with Crippen LogP contribution in [0, 0.1) is 4.91 Å². The van der Waals surface area contributed by atoms with Crippen molar-refractivity contribution >= 4 is 0 Å². The van der Waals surface area contributed by atoms with Crippen LogP contribution < -0.4 is 5.53 Å². The van der Waals surface area contributed by atoms with Crippen LogP contribution in [0.4, 0.5) is 0 Å². The average molecular weight is 175 g/mol. The maximum atomic E-state index is 9.77. The van der Waals surface area contributed by atoms with E-state index in [-0.39, 0.29) is 5.28 Å².